The van der Waals surface area contributed by atoms with Gasteiger partial charge in [0.05, 0.1) is 0 Å². The van der Waals surface area contributed by atoms with E-state index in [1.54, 1.807) is 17.0 Å². The van der Waals surface area contributed by atoms with Crippen molar-refractivity contribution in [2.75, 3.05) is 25.0 Å². The van der Waals surface area contributed by atoms with Crippen molar-refractivity contribution in [3.8, 4) is 0 Å². The van der Waals surface area contributed by atoms with E-state index in [9.17, 15) is 9.18 Å². The minimum absolute atomic E-state index is 0.113. The summed E-state index contributed by atoms with van der Waals surface area (Å²) in [5.41, 5.74) is 0.732. The Morgan fingerprint density at radius 3 is 2.82 bits per heavy atom. The number of nitrogens with zero attached hydrogens (tertiary/aromatic N) is 1. The summed E-state index contributed by atoms with van der Waals surface area (Å²) in [4.78, 5) is 13.4. The number of nitrogens with one attached hydrogen (secondary N) is 2. The molecule has 0 saturated carbocycles. The summed E-state index contributed by atoms with van der Waals surface area (Å²) in [5.74, 6) is -0.292. The van der Waals surface area contributed by atoms with Crippen molar-refractivity contribution in [3.63, 3.8) is 0 Å². The molecule has 0 radical (unpaired) electrons. The SMILES string of the molecule is CNCCC1CN(c2ccc(F)cc2)C(=O)N1. The van der Waals surface area contributed by atoms with Crippen molar-refractivity contribution in [3.05, 3.63) is 30.1 Å². The molecule has 0 aromatic heterocycles. The summed E-state index contributed by atoms with van der Waals surface area (Å²) in [6, 6.07) is 6.01. The van der Waals surface area contributed by atoms with Crippen LogP contribution in [0.25, 0.3) is 0 Å². The van der Waals surface area contributed by atoms with Gasteiger partial charge in [-0.05, 0) is 44.3 Å². The van der Waals surface area contributed by atoms with Gasteiger partial charge in [0.15, 0.2) is 0 Å². The van der Waals surface area contributed by atoms with Crippen molar-refractivity contribution in [1.29, 1.82) is 0 Å². The van der Waals surface area contributed by atoms with Crippen LogP contribution in [0.3, 0.4) is 0 Å². The zero-order chi connectivity index (χ0) is 12.3. The first-order valence-corrected chi connectivity index (χ1v) is 5.69. The highest BCUT2D eigenvalue weighted by molar-refractivity contribution is 5.94. The zero-order valence-electron chi connectivity index (χ0n) is 9.74. The molecule has 1 aliphatic rings. The number of hydrogen-bond donors (Lipinski definition) is 2. The summed E-state index contributed by atoms with van der Waals surface area (Å²) >= 11 is 0. The van der Waals surface area contributed by atoms with Crippen LogP contribution in [0.15, 0.2) is 24.3 Å². The molecule has 0 aliphatic carbocycles. The Hall–Kier alpha value is -1.62. The van der Waals surface area contributed by atoms with Gasteiger partial charge in [-0.25, -0.2) is 9.18 Å². The summed E-state index contributed by atoms with van der Waals surface area (Å²) in [7, 11) is 1.88. The molecular weight excluding hydrogens is 221 g/mol. The molecule has 1 aliphatic heterocycles. The van der Waals surface area contributed by atoms with Crippen molar-refractivity contribution in [1.82, 2.24) is 10.6 Å². The number of rotatable bonds is 4. The lowest BCUT2D eigenvalue weighted by Gasteiger charge is -2.14. The number of anilines is 1. The van der Waals surface area contributed by atoms with E-state index in [0.29, 0.717) is 6.54 Å². The number of halogens is 1. The Labute approximate surface area is 99.8 Å². The predicted octanol–water partition coefficient (Wildman–Crippen LogP) is 1.33. The Morgan fingerprint density at radius 1 is 1.47 bits per heavy atom. The van der Waals surface area contributed by atoms with E-state index in [-0.39, 0.29) is 17.9 Å². The summed E-state index contributed by atoms with van der Waals surface area (Å²) < 4.78 is 12.8. The van der Waals surface area contributed by atoms with E-state index in [0.717, 1.165) is 18.7 Å². The highest BCUT2D eigenvalue weighted by Crippen LogP contribution is 2.19. The molecule has 1 unspecified atom stereocenters. The van der Waals surface area contributed by atoms with Crippen molar-refractivity contribution in [2.45, 2.75) is 12.5 Å². The van der Waals surface area contributed by atoms with Gasteiger partial charge >= 0.3 is 6.03 Å². The molecule has 1 saturated heterocycles. The maximum Gasteiger partial charge on any atom is 0.322 e. The van der Waals surface area contributed by atoms with E-state index >= 15 is 0 Å². The maximum atomic E-state index is 12.8. The topological polar surface area (TPSA) is 44.4 Å². The van der Waals surface area contributed by atoms with Crippen LogP contribution in [0.2, 0.25) is 0 Å². The predicted molar refractivity (Wildman–Crippen MR) is 64.6 cm³/mol. The molecule has 5 heteroatoms. The normalized spacial score (nSPS) is 19.5. The molecule has 92 valence electrons. The Balaban J connectivity index is 2.02. The second-order valence-corrected chi connectivity index (χ2v) is 4.13. The van der Waals surface area contributed by atoms with Crippen LogP contribution in [-0.2, 0) is 0 Å². The second-order valence-electron chi connectivity index (χ2n) is 4.13. The monoisotopic (exact) mass is 237 g/mol. The molecule has 1 aromatic carbocycles. The van der Waals surface area contributed by atoms with Gasteiger partial charge in [0.2, 0.25) is 0 Å². The van der Waals surface area contributed by atoms with Gasteiger partial charge in [-0.3, -0.25) is 4.90 Å². The van der Waals surface area contributed by atoms with E-state index in [1.807, 2.05) is 7.05 Å². The number of urea groups is 1. The molecule has 17 heavy (non-hydrogen) atoms. The Kier molecular flexibility index (Phi) is 3.58. The molecule has 2 rings (SSSR count). The van der Waals surface area contributed by atoms with Crippen LogP contribution < -0.4 is 15.5 Å². The highest BCUT2D eigenvalue weighted by Gasteiger charge is 2.29. The molecule has 1 atom stereocenters. The van der Waals surface area contributed by atoms with E-state index in [1.165, 1.54) is 12.1 Å². The van der Waals surface area contributed by atoms with Gasteiger partial charge in [-0.1, -0.05) is 0 Å². The molecule has 1 fully saturated rings. The molecule has 0 spiro atoms. The first kappa shape index (κ1) is 11.9. The van der Waals surface area contributed by atoms with Crippen LogP contribution in [0, 0.1) is 5.82 Å². The van der Waals surface area contributed by atoms with Gasteiger partial charge in [0, 0.05) is 18.3 Å². The third kappa shape index (κ3) is 2.74. The Bertz CT molecular complexity index is 393. The molecule has 2 N–H and O–H groups in total. The van der Waals surface area contributed by atoms with Crippen molar-refractivity contribution < 1.29 is 9.18 Å². The first-order valence-electron chi connectivity index (χ1n) is 5.69. The number of benzene rings is 1. The van der Waals surface area contributed by atoms with Crippen LogP contribution in [-0.4, -0.2) is 32.2 Å². The molecule has 1 heterocycles. The quantitative estimate of drug-likeness (QED) is 0.830. The highest BCUT2D eigenvalue weighted by atomic mass is 19.1. The van der Waals surface area contributed by atoms with Gasteiger partial charge in [0.1, 0.15) is 5.82 Å². The number of hydrogen-bond acceptors (Lipinski definition) is 2. The zero-order valence-corrected chi connectivity index (χ0v) is 9.74. The smallest absolute Gasteiger partial charge is 0.322 e. The minimum Gasteiger partial charge on any atom is -0.333 e. The maximum absolute atomic E-state index is 12.8. The summed E-state index contributed by atoms with van der Waals surface area (Å²) in [6.45, 7) is 1.49. The fourth-order valence-corrected chi connectivity index (χ4v) is 1.93. The third-order valence-corrected chi connectivity index (χ3v) is 2.86. The molecular formula is C12H16FN3O. The molecule has 2 amide bonds. The van der Waals surface area contributed by atoms with Gasteiger partial charge in [-0.15, -0.1) is 0 Å². The van der Waals surface area contributed by atoms with Crippen LogP contribution in [0.1, 0.15) is 6.42 Å². The average molecular weight is 237 g/mol. The standard InChI is InChI=1S/C12H16FN3O/c1-14-7-6-10-8-16(12(17)15-10)11-4-2-9(13)3-5-11/h2-5,10,14H,6-8H2,1H3,(H,15,17). The lowest BCUT2D eigenvalue weighted by Crippen LogP contribution is -2.29. The van der Waals surface area contributed by atoms with Crippen LogP contribution in [0.5, 0.6) is 0 Å². The third-order valence-electron chi connectivity index (χ3n) is 2.86. The largest absolute Gasteiger partial charge is 0.333 e. The van der Waals surface area contributed by atoms with Gasteiger partial charge in [0.25, 0.3) is 0 Å². The average Bonchev–Trinajstić information content (AvgIpc) is 2.69. The summed E-state index contributed by atoms with van der Waals surface area (Å²) in [5, 5.41) is 5.96. The van der Waals surface area contributed by atoms with Crippen LogP contribution in [0.4, 0.5) is 14.9 Å². The van der Waals surface area contributed by atoms with Gasteiger partial charge < -0.3 is 10.6 Å². The number of carbonyl (C=O) groups is 1. The lowest BCUT2D eigenvalue weighted by molar-refractivity contribution is 0.250. The lowest BCUT2D eigenvalue weighted by atomic mass is 10.2. The molecule has 4 nitrogen and oxygen atoms in total. The second kappa shape index (κ2) is 5.14. The van der Waals surface area contributed by atoms with E-state index in [2.05, 4.69) is 10.6 Å². The van der Waals surface area contributed by atoms with Crippen molar-refractivity contribution in [2.24, 2.45) is 0 Å². The molecule has 1 aromatic rings. The Morgan fingerprint density at radius 2 is 2.18 bits per heavy atom. The van der Waals surface area contributed by atoms with Gasteiger partial charge in [-0.2, -0.15) is 0 Å². The fourth-order valence-electron chi connectivity index (χ4n) is 1.93. The van der Waals surface area contributed by atoms with Crippen LogP contribution >= 0.6 is 0 Å². The van der Waals surface area contributed by atoms with E-state index < -0.39 is 0 Å². The molecule has 0 bridgehead atoms. The van der Waals surface area contributed by atoms with E-state index in [4.69, 9.17) is 0 Å². The minimum atomic E-state index is -0.292. The number of carbonyl (C=O) groups excluding carboxylic acids is 1. The fraction of sp³-hybridized carbons (Fsp3) is 0.417. The number of amides is 2. The van der Waals surface area contributed by atoms with Crippen molar-refractivity contribution >= 4 is 11.7 Å². The summed E-state index contributed by atoms with van der Waals surface area (Å²) in [6.07, 6.45) is 0.889. The first-order chi connectivity index (χ1) is 8.20.